The number of carbonyl (C=O) groups excluding carboxylic acids is 1. The molecule has 3 aliphatic heterocycles. The molecule has 1 atom stereocenters. The molecule has 4 rings (SSSR count). The first kappa shape index (κ1) is 22.6. The van der Waals surface area contributed by atoms with Gasteiger partial charge in [-0.15, -0.1) is 0 Å². The van der Waals surface area contributed by atoms with Gasteiger partial charge in [0.05, 0.1) is 16.7 Å². The van der Waals surface area contributed by atoms with E-state index in [4.69, 9.17) is 16.3 Å². The Morgan fingerprint density at radius 3 is 2.42 bits per heavy atom. The molecule has 3 fully saturated rings. The Morgan fingerprint density at radius 1 is 1.13 bits per heavy atom. The molecular weight excluding hydrogens is 433 g/mol. The van der Waals surface area contributed by atoms with Crippen molar-refractivity contribution in [1.82, 2.24) is 14.8 Å². The Bertz CT molecular complexity index is 772. The molecule has 3 aliphatic rings. The van der Waals surface area contributed by atoms with Crippen molar-refractivity contribution in [2.45, 2.75) is 38.0 Å². The van der Waals surface area contributed by atoms with Crippen LogP contribution in [0.25, 0.3) is 0 Å². The van der Waals surface area contributed by atoms with Crippen LogP contribution in [0, 0.1) is 5.92 Å². The lowest BCUT2D eigenvalue weighted by molar-refractivity contribution is -0.138. The fourth-order valence-corrected chi connectivity index (χ4v) is 4.93. The van der Waals surface area contributed by atoms with Gasteiger partial charge in [0.25, 0.3) is 0 Å². The molecule has 1 amide bonds. The topological polar surface area (TPSA) is 48.9 Å². The fourth-order valence-electron chi connectivity index (χ4n) is 4.64. The zero-order valence-electron chi connectivity index (χ0n) is 17.4. The predicted octanol–water partition coefficient (Wildman–Crippen LogP) is 3.29. The number of piperazine rings is 1. The standard InChI is InChI=1S/C21H28ClF3N4O2/c22-18-12-16(21(23,24)25)13-26-19(18)28-5-3-15(4-6-28)20(30)29-9-7-27(8-10-29)14-17-2-1-11-31-17/h12-13,15,17H,1-11,14H2. The molecule has 10 heteroatoms. The van der Waals surface area contributed by atoms with Gasteiger partial charge in [0, 0.05) is 64.5 Å². The summed E-state index contributed by atoms with van der Waals surface area (Å²) in [5, 5.41) is -0.0121. The van der Waals surface area contributed by atoms with E-state index in [2.05, 4.69) is 9.88 Å². The number of ether oxygens (including phenoxy) is 1. The smallest absolute Gasteiger partial charge is 0.377 e. The third-order valence-electron chi connectivity index (χ3n) is 6.46. The van der Waals surface area contributed by atoms with Gasteiger partial charge in [-0.3, -0.25) is 9.69 Å². The maximum absolute atomic E-state index is 13.0. The monoisotopic (exact) mass is 460 g/mol. The quantitative estimate of drug-likeness (QED) is 0.690. The lowest BCUT2D eigenvalue weighted by Crippen LogP contribution is -2.52. The zero-order chi connectivity index (χ0) is 22.0. The van der Waals surface area contributed by atoms with Crippen LogP contribution in [0.1, 0.15) is 31.2 Å². The van der Waals surface area contributed by atoms with Gasteiger partial charge in [-0.2, -0.15) is 13.2 Å². The predicted molar refractivity (Wildman–Crippen MR) is 111 cm³/mol. The summed E-state index contributed by atoms with van der Waals surface area (Å²) in [5.41, 5.74) is -0.857. The van der Waals surface area contributed by atoms with Crippen molar-refractivity contribution in [3.8, 4) is 0 Å². The number of halogens is 4. The number of rotatable bonds is 4. The molecule has 1 aromatic heterocycles. The van der Waals surface area contributed by atoms with Crippen molar-refractivity contribution in [2.24, 2.45) is 5.92 Å². The highest BCUT2D eigenvalue weighted by Gasteiger charge is 2.34. The van der Waals surface area contributed by atoms with Crippen LogP contribution in [-0.2, 0) is 15.7 Å². The largest absolute Gasteiger partial charge is 0.417 e. The maximum Gasteiger partial charge on any atom is 0.417 e. The summed E-state index contributed by atoms with van der Waals surface area (Å²) in [6, 6.07) is 0.914. The Balaban J connectivity index is 1.26. The van der Waals surface area contributed by atoms with E-state index < -0.39 is 11.7 Å². The van der Waals surface area contributed by atoms with Gasteiger partial charge < -0.3 is 14.5 Å². The van der Waals surface area contributed by atoms with E-state index in [1.807, 2.05) is 9.80 Å². The van der Waals surface area contributed by atoms with Gasteiger partial charge in [0.1, 0.15) is 5.82 Å². The lowest BCUT2D eigenvalue weighted by Gasteiger charge is -2.39. The van der Waals surface area contributed by atoms with E-state index in [0.717, 1.165) is 64.4 Å². The maximum atomic E-state index is 13.0. The fraction of sp³-hybridized carbons (Fsp3) is 0.714. The minimum Gasteiger partial charge on any atom is -0.377 e. The molecule has 0 N–H and O–H groups in total. The molecule has 0 spiro atoms. The summed E-state index contributed by atoms with van der Waals surface area (Å²) in [7, 11) is 0. The van der Waals surface area contributed by atoms with Gasteiger partial charge >= 0.3 is 6.18 Å². The van der Waals surface area contributed by atoms with Crippen molar-refractivity contribution in [2.75, 3.05) is 57.3 Å². The Morgan fingerprint density at radius 2 is 1.84 bits per heavy atom. The highest BCUT2D eigenvalue weighted by Crippen LogP contribution is 2.35. The molecule has 31 heavy (non-hydrogen) atoms. The van der Waals surface area contributed by atoms with Crippen molar-refractivity contribution in [1.29, 1.82) is 0 Å². The number of aromatic nitrogens is 1. The lowest BCUT2D eigenvalue weighted by atomic mass is 9.95. The second-order valence-corrected chi connectivity index (χ2v) is 8.96. The number of alkyl halides is 3. The van der Waals surface area contributed by atoms with Crippen LogP contribution in [0.4, 0.5) is 19.0 Å². The second kappa shape index (κ2) is 9.50. The molecule has 4 heterocycles. The van der Waals surface area contributed by atoms with Crippen LogP contribution in [0.5, 0.6) is 0 Å². The third-order valence-corrected chi connectivity index (χ3v) is 6.74. The van der Waals surface area contributed by atoms with E-state index in [0.29, 0.717) is 37.9 Å². The number of carbonyl (C=O) groups is 1. The summed E-state index contributed by atoms with van der Waals surface area (Å²) in [6.07, 6.45) is 0.223. The number of anilines is 1. The molecule has 1 aromatic rings. The first-order valence-electron chi connectivity index (χ1n) is 10.9. The highest BCUT2D eigenvalue weighted by molar-refractivity contribution is 6.33. The van der Waals surface area contributed by atoms with Crippen LogP contribution in [0.2, 0.25) is 5.02 Å². The number of hydrogen-bond acceptors (Lipinski definition) is 5. The van der Waals surface area contributed by atoms with E-state index >= 15 is 0 Å². The average molecular weight is 461 g/mol. The molecule has 0 radical (unpaired) electrons. The van der Waals surface area contributed by atoms with Crippen molar-refractivity contribution in [3.05, 3.63) is 22.8 Å². The summed E-state index contributed by atoms with van der Waals surface area (Å²) >= 11 is 6.07. The first-order chi connectivity index (χ1) is 14.8. The average Bonchev–Trinajstić information content (AvgIpc) is 3.26. The van der Waals surface area contributed by atoms with Gasteiger partial charge in [-0.1, -0.05) is 11.6 Å². The second-order valence-electron chi connectivity index (χ2n) is 8.55. The normalized spacial score (nSPS) is 24.1. The molecule has 3 saturated heterocycles. The van der Waals surface area contributed by atoms with Crippen molar-refractivity contribution < 1.29 is 22.7 Å². The van der Waals surface area contributed by atoms with Gasteiger partial charge in [-0.25, -0.2) is 4.98 Å². The molecule has 1 unspecified atom stereocenters. The minimum atomic E-state index is -4.47. The highest BCUT2D eigenvalue weighted by atomic mass is 35.5. The van der Waals surface area contributed by atoms with E-state index in [1.165, 1.54) is 0 Å². The van der Waals surface area contributed by atoms with Crippen LogP contribution in [-0.4, -0.2) is 79.2 Å². The van der Waals surface area contributed by atoms with Gasteiger partial charge in [0.2, 0.25) is 5.91 Å². The van der Waals surface area contributed by atoms with Crippen LogP contribution in [0.15, 0.2) is 12.3 Å². The first-order valence-corrected chi connectivity index (χ1v) is 11.3. The van der Waals surface area contributed by atoms with E-state index in [9.17, 15) is 18.0 Å². The molecule has 172 valence electrons. The molecule has 0 aromatic carbocycles. The molecule has 0 aliphatic carbocycles. The zero-order valence-corrected chi connectivity index (χ0v) is 18.2. The van der Waals surface area contributed by atoms with E-state index in [1.54, 1.807) is 0 Å². The molecular formula is C21H28ClF3N4O2. The number of nitrogens with zero attached hydrogens (tertiary/aromatic N) is 4. The van der Waals surface area contributed by atoms with Gasteiger partial charge in [-0.05, 0) is 31.7 Å². The summed E-state index contributed by atoms with van der Waals surface area (Å²) in [4.78, 5) is 23.1. The summed E-state index contributed by atoms with van der Waals surface area (Å²) < 4.78 is 44.2. The number of amides is 1. The molecule has 0 bridgehead atoms. The Hall–Kier alpha value is -1.58. The SMILES string of the molecule is O=C(C1CCN(c2ncc(C(F)(F)F)cc2Cl)CC1)N1CCN(CC2CCCO2)CC1. The van der Waals surface area contributed by atoms with Crippen LogP contribution < -0.4 is 4.90 Å². The van der Waals surface area contributed by atoms with Crippen LogP contribution >= 0.6 is 11.6 Å². The minimum absolute atomic E-state index is 0.0121. The Kier molecular flexibility index (Phi) is 6.93. The molecule has 0 saturated carbocycles. The third kappa shape index (κ3) is 5.43. The van der Waals surface area contributed by atoms with Gasteiger partial charge in [0.15, 0.2) is 0 Å². The Labute approximate surface area is 185 Å². The summed E-state index contributed by atoms with van der Waals surface area (Å²) in [6.45, 7) is 6.11. The van der Waals surface area contributed by atoms with E-state index in [-0.39, 0.29) is 16.8 Å². The van der Waals surface area contributed by atoms with Crippen molar-refractivity contribution >= 4 is 23.3 Å². The van der Waals surface area contributed by atoms with Crippen LogP contribution in [0.3, 0.4) is 0 Å². The molecule has 6 nitrogen and oxygen atoms in total. The number of piperidine rings is 1. The number of hydrogen-bond donors (Lipinski definition) is 0. The van der Waals surface area contributed by atoms with Crippen molar-refractivity contribution in [3.63, 3.8) is 0 Å². The summed E-state index contributed by atoms with van der Waals surface area (Å²) in [5.74, 6) is 0.473. The number of pyridine rings is 1.